The summed E-state index contributed by atoms with van der Waals surface area (Å²) < 4.78 is 0. The smallest absolute Gasteiger partial charge is 0.227 e. The molecule has 1 amide bonds. The Hall–Kier alpha value is -0.570. The van der Waals surface area contributed by atoms with Crippen LogP contribution in [0.1, 0.15) is 33.1 Å². The monoisotopic (exact) mass is 198 g/mol. The maximum Gasteiger partial charge on any atom is 0.227 e. The van der Waals surface area contributed by atoms with Gasteiger partial charge in [0.2, 0.25) is 5.91 Å². The highest BCUT2D eigenvalue weighted by Gasteiger charge is 2.27. The third-order valence-electron chi connectivity index (χ3n) is 3.25. The molecular weight excluding hydrogens is 176 g/mol. The number of carbonyl (C=O) groups is 1. The molecular formula is C11H22N2O. The Morgan fingerprint density at radius 3 is 2.57 bits per heavy atom. The van der Waals surface area contributed by atoms with Gasteiger partial charge in [-0.25, -0.2) is 0 Å². The largest absolute Gasteiger partial charge is 0.343 e. The van der Waals surface area contributed by atoms with Gasteiger partial charge in [-0.1, -0.05) is 13.8 Å². The second-order valence-corrected chi connectivity index (χ2v) is 4.11. The van der Waals surface area contributed by atoms with Gasteiger partial charge >= 0.3 is 0 Å². The Morgan fingerprint density at radius 2 is 2.14 bits per heavy atom. The Balaban J connectivity index is 2.49. The van der Waals surface area contributed by atoms with Crippen LogP contribution in [-0.4, -0.2) is 37.0 Å². The lowest BCUT2D eigenvalue weighted by Crippen LogP contribution is -2.40. The summed E-state index contributed by atoms with van der Waals surface area (Å²) in [5.74, 6) is 0.546. The van der Waals surface area contributed by atoms with E-state index in [1.807, 2.05) is 11.9 Å². The summed E-state index contributed by atoms with van der Waals surface area (Å²) >= 11 is 0. The number of rotatable bonds is 4. The fraction of sp³-hybridized carbons (Fsp3) is 0.909. The molecule has 0 spiro atoms. The molecule has 1 heterocycles. The highest BCUT2D eigenvalue weighted by Crippen LogP contribution is 2.15. The lowest BCUT2D eigenvalue weighted by molar-refractivity contribution is -0.135. The van der Waals surface area contributed by atoms with Crippen LogP contribution in [0.4, 0.5) is 0 Å². The number of nitrogens with zero attached hydrogens (tertiary/aromatic N) is 1. The number of amides is 1. The second-order valence-electron chi connectivity index (χ2n) is 4.11. The molecule has 0 bridgehead atoms. The number of carbonyl (C=O) groups excluding carboxylic acids is 1. The summed E-state index contributed by atoms with van der Waals surface area (Å²) in [6.07, 6.45) is 3.11. The third kappa shape index (κ3) is 2.47. The zero-order chi connectivity index (χ0) is 10.6. The number of nitrogens with one attached hydrogen (secondary N) is 1. The van der Waals surface area contributed by atoms with Crippen molar-refractivity contribution in [2.24, 2.45) is 5.92 Å². The van der Waals surface area contributed by atoms with Crippen molar-refractivity contribution in [1.29, 1.82) is 0 Å². The first kappa shape index (κ1) is 11.5. The molecule has 0 aromatic rings. The molecule has 82 valence electrons. The molecule has 1 aliphatic rings. The van der Waals surface area contributed by atoms with Gasteiger partial charge in [-0.3, -0.25) is 4.79 Å². The van der Waals surface area contributed by atoms with Crippen LogP contribution in [0, 0.1) is 5.92 Å². The van der Waals surface area contributed by atoms with Gasteiger partial charge in [-0.2, -0.15) is 0 Å². The van der Waals surface area contributed by atoms with Crippen molar-refractivity contribution in [3.05, 3.63) is 0 Å². The van der Waals surface area contributed by atoms with Crippen molar-refractivity contribution in [2.45, 2.75) is 39.2 Å². The Morgan fingerprint density at radius 1 is 1.50 bits per heavy atom. The van der Waals surface area contributed by atoms with E-state index in [2.05, 4.69) is 19.2 Å². The minimum atomic E-state index is 0.223. The van der Waals surface area contributed by atoms with Crippen LogP contribution >= 0.6 is 0 Å². The van der Waals surface area contributed by atoms with Gasteiger partial charge in [0, 0.05) is 19.6 Å². The van der Waals surface area contributed by atoms with Crippen LogP contribution < -0.4 is 5.32 Å². The summed E-state index contributed by atoms with van der Waals surface area (Å²) in [7, 11) is 1.94. The van der Waals surface area contributed by atoms with Gasteiger partial charge in [0.1, 0.15) is 0 Å². The molecule has 0 radical (unpaired) electrons. The molecule has 0 saturated carbocycles. The van der Waals surface area contributed by atoms with Gasteiger partial charge in [0.25, 0.3) is 0 Å². The van der Waals surface area contributed by atoms with Crippen LogP contribution in [0.3, 0.4) is 0 Å². The van der Waals surface area contributed by atoms with Gasteiger partial charge in [0.15, 0.2) is 0 Å². The quantitative estimate of drug-likeness (QED) is 0.737. The van der Waals surface area contributed by atoms with E-state index in [1.165, 1.54) is 0 Å². The predicted molar refractivity (Wildman–Crippen MR) is 58.1 cm³/mol. The normalized spacial score (nSPS) is 21.6. The zero-order valence-electron chi connectivity index (χ0n) is 9.55. The minimum absolute atomic E-state index is 0.223. The Labute approximate surface area is 86.9 Å². The lowest BCUT2D eigenvalue weighted by atomic mass is 10.0. The maximum atomic E-state index is 12.0. The average Bonchev–Trinajstić information content (AvgIpc) is 2.71. The first-order chi connectivity index (χ1) is 6.70. The molecule has 0 aromatic heterocycles. The van der Waals surface area contributed by atoms with E-state index in [0.717, 1.165) is 32.4 Å². The van der Waals surface area contributed by atoms with Crippen LogP contribution in [-0.2, 0) is 4.79 Å². The minimum Gasteiger partial charge on any atom is -0.343 e. The standard InChI is InChI=1S/C11H22N2O/c1-4-10(5-2)13(3)11(14)9-6-7-12-8-9/h9-10,12H,4-8H2,1-3H3. The molecule has 1 atom stereocenters. The van der Waals surface area contributed by atoms with Crippen molar-refractivity contribution in [3.63, 3.8) is 0 Å². The van der Waals surface area contributed by atoms with E-state index in [0.29, 0.717) is 11.9 Å². The van der Waals surface area contributed by atoms with Gasteiger partial charge in [-0.05, 0) is 25.8 Å². The van der Waals surface area contributed by atoms with Gasteiger partial charge < -0.3 is 10.2 Å². The molecule has 1 fully saturated rings. The van der Waals surface area contributed by atoms with Crippen molar-refractivity contribution < 1.29 is 4.79 Å². The van der Waals surface area contributed by atoms with Gasteiger partial charge in [-0.15, -0.1) is 0 Å². The summed E-state index contributed by atoms with van der Waals surface area (Å²) in [6.45, 7) is 6.15. The Kier molecular flexibility index (Phi) is 4.39. The maximum absolute atomic E-state index is 12.0. The molecule has 3 heteroatoms. The van der Waals surface area contributed by atoms with Crippen molar-refractivity contribution in [2.75, 3.05) is 20.1 Å². The van der Waals surface area contributed by atoms with Gasteiger partial charge in [0.05, 0.1) is 5.92 Å². The molecule has 0 aliphatic carbocycles. The van der Waals surface area contributed by atoms with E-state index in [-0.39, 0.29) is 5.92 Å². The number of hydrogen-bond donors (Lipinski definition) is 1. The molecule has 1 unspecified atom stereocenters. The summed E-state index contributed by atoms with van der Waals surface area (Å²) in [6, 6.07) is 0.420. The SMILES string of the molecule is CCC(CC)N(C)C(=O)C1CCNC1. The summed E-state index contributed by atoms with van der Waals surface area (Å²) in [5.41, 5.74) is 0. The van der Waals surface area contributed by atoms with Crippen molar-refractivity contribution in [1.82, 2.24) is 10.2 Å². The lowest BCUT2D eigenvalue weighted by Gasteiger charge is -2.28. The predicted octanol–water partition coefficient (Wildman–Crippen LogP) is 1.24. The van der Waals surface area contributed by atoms with Crippen molar-refractivity contribution in [3.8, 4) is 0 Å². The fourth-order valence-corrected chi connectivity index (χ4v) is 2.17. The molecule has 14 heavy (non-hydrogen) atoms. The highest BCUT2D eigenvalue weighted by molar-refractivity contribution is 5.79. The summed E-state index contributed by atoms with van der Waals surface area (Å²) in [5, 5.41) is 3.24. The molecule has 3 nitrogen and oxygen atoms in total. The highest BCUT2D eigenvalue weighted by atomic mass is 16.2. The zero-order valence-corrected chi connectivity index (χ0v) is 9.55. The van der Waals surface area contributed by atoms with Crippen LogP contribution in [0.25, 0.3) is 0 Å². The molecule has 1 saturated heterocycles. The van der Waals surface area contributed by atoms with Crippen molar-refractivity contribution >= 4 is 5.91 Å². The van der Waals surface area contributed by atoms with E-state index in [9.17, 15) is 4.79 Å². The molecule has 1 rings (SSSR count). The van der Waals surface area contributed by atoms with E-state index >= 15 is 0 Å². The fourth-order valence-electron chi connectivity index (χ4n) is 2.17. The van der Waals surface area contributed by atoms with Crippen LogP contribution in [0.5, 0.6) is 0 Å². The topological polar surface area (TPSA) is 32.3 Å². The molecule has 1 aliphatic heterocycles. The second kappa shape index (κ2) is 5.35. The molecule has 1 N–H and O–H groups in total. The number of hydrogen-bond acceptors (Lipinski definition) is 2. The third-order valence-corrected chi connectivity index (χ3v) is 3.25. The van der Waals surface area contributed by atoms with Crippen LogP contribution in [0.15, 0.2) is 0 Å². The van der Waals surface area contributed by atoms with E-state index in [1.54, 1.807) is 0 Å². The summed E-state index contributed by atoms with van der Waals surface area (Å²) in [4.78, 5) is 13.9. The van der Waals surface area contributed by atoms with Crippen LogP contribution in [0.2, 0.25) is 0 Å². The molecule has 0 aromatic carbocycles. The first-order valence-corrected chi connectivity index (χ1v) is 5.68. The van der Waals surface area contributed by atoms with E-state index in [4.69, 9.17) is 0 Å². The average molecular weight is 198 g/mol. The first-order valence-electron chi connectivity index (χ1n) is 5.68. The Bertz CT molecular complexity index is 184. The van der Waals surface area contributed by atoms with E-state index < -0.39 is 0 Å².